The summed E-state index contributed by atoms with van der Waals surface area (Å²) < 4.78 is 6.98. The van der Waals surface area contributed by atoms with Crippen LogP contribution < -0.4 is 9.80 Å². The van der Waals surface area contributed by atoms with Crippen LogP contribution in [0.5, 0.6) is 0 Å². The lowest BCUT2D eigenvalue weighted by molar-refractivity contribution is 0.669. The molecule has 0 amide bonds. The predicted octanol–water partition coefficient (Wildman–Crippen LogP) is 16.7. The maximum atomic E-state index is 6.98. The average molecular weight is 781 g/mol. The molecule has 10 aromatic carbocycles. The van der Waals surface area contributed by atoms with Crippen LogP contribution in [0.25, 0.3) is 66.1 Å². The van der Waals surface area contributed by atoms with Crippen molar-refractivity contribution in [3.63, 3.8) is 0 Å². The largest absolute Gasteiger partial charge is 0.456 e. The molecule has 0 N–H and O–H groups in total. The van der Waals surface area contributed by atoms with Gasteiger partial charge in [-0.15, -0.1) is 0 Å². The third kappa shape index (κ3) is 6.78. The predicted molar refractivity (Wildman–Crippen MR) is 257 cm³/mol. The molecule has 1 heterocycles. The Morgan fingerprint density at radius 2 is 0.754 bits per heavy atom. The minimum absolute atomic E-state index is 0.810. The van der Waals surface area contributed by atoms with Gasteiger partial charge < -0.3 is 14.2 Å². The van der Waals surface area contributed by atoms with Crippen molar-refractivity contribution in [2.24, 2.45) is 0 Å². The van der Waals surface area contributed by atoms with Crippen molar-refractivity contribution in [2.75, 3.05) is 9.80 Å². The van der Waals surface area contributed by atoms with Crippen LogP contribution in [-0.2, 0) is 0 Å². The summed E-state index contributed by atoms with van der Waals surface area (Å²) in [6, 6.07) is 86.5. The van der Waals surface area contributed by atoms with Crippen LogP contribution in [0, 0.1) is 0 Å². The van der Waals surface area contributed by atoms with Gasteiger partial charge in [0, 0.05) is 34.2 Å². The van der Waals surface area contributed by atoms with E-state index in [1.165, 1.54) is 27.6 Å². The van der Waals surface area contributed by atoms with Crippen LogP contribution >= 0.6 is 0 Å². The van der Waals surface area contributed by atoms with Crippen molar-refractivity contribution < 1.29 is 4.42 Å². The van der Waals surface area contributed by atoms with E-state index in [0.717, 1.165) is 72.6 Å². The molecule has 0 aliphatic carbocycles. The monoisotopic (exact) mass is 780 g/mol. The molecule has 0 saturated carbocycles. The number of furan rings is 1. The van der Waals surface area contributed by atoms with Crippen LogP contribution in [0.15, 0.2) is 247 Å². The molecule has 288 valence electrons. The Bertz CT molecular complexity index is 3300. The van der Waals surface area contributed by atoms with Crippen LogP contribution in [0.1, 0.15) is 0 Å². The molecule has 0 aliphatic rings. The zero-order valence-electron chi connectivity index (χ0n) is 33.4. The minimum Gasteiger partial charge on any atom is -0.456 e. The molecule has 0 atom stereocenters. The highest BCUT2D eigenvalue weighted by Gasteiger charge is 2.24. The van der Waals surface area contributed by atoms with E-state index in [-0.39, 0.29) is 0 Å². The number of nitrogens with zero attached hydrogens (tertiary/aromatic N) is 2. The van der Waals surface area contributed by atoms with E-state index in [9.17, 15) is 0 Å². The summed E-state index contributed by atoms with van der Waals surface area (Å²) in [4.78, 5) is 4.74. The number of benzene rings is 10. The van der Waals surface area contributed by atoms with E-state index in [1.54, 1.807) is 0 Å². The SMILES string of the molecule is c1ccc(-c2cccc(N(c3ccccc3)c3cc(N(c4ccccc4)c4cccc(-c5ccccc5-c5ccccc5)c4)c4c(c3)oc3cc5ccccc5cc34)c2)cc1. The number of rotatable bonds is 9. The van der Waals surface area contributed by atoms with Crippen molar-refractivity contribution in [1.82, 2.24) is 0 Å². The molecule has 0 radical (unpaired) electrons. The van der Waals surface area contributed by atoms with Gasteiger partial charge >= 0.3 is 0 Å². The summed E-state index contributed by atoms with van der Waals surface area (Å²) in [5, 5.41) is 4.43. The first-order valence-corrected chi connectivity index (χ1v) is 20.7. The van der Waals surface area contributed by atoms with Gasteiger partial charge in [-0.2, -0.15) is 0 Å². The highest BCUT2D eigenvalue weighted by atomic mass is 16.3. The third-order valence-corrected chi connectivity index (χ3v) is 11.6. The second-order valence-corrected chi connectivity index (χ2v) is 15.4. The van der Waals surface area contributed by atoms with E-state index >= 15 is 0 Å². The molecule has 0 fully saturated rings. The molecule has 11 aromatic rings. The quantitative estimate of drug-likeness (QED) is 0.145. The Labute approximate surface area is 355 Å². The molecular formula is C58H40N2O. The van der Waals surface area contributed by atoms with Gasteiger partial charge in [0.2, 0.25) is 0 Å². The van der Waals surface area contributed by atoms with Gasteiger partial charge in [-0.3, -0.25) is 0 Å². The fraction of sp³-hybridized carbons (Fsp3) is 0. The Hall–Kier alpha value is -8.14. The van der Waals surface area contributed by atoms with Gasteiger partial charge in [-0.1, -0.05) is 170 Å². The topological polar surface area (TPSA) is 19.6 Å². The van der Waals surface area contributed by atoms with E-state index in [4.69, 9.17) is 4.42 Å². The molecule has 11 rings (SSSR count). The molecule has 0 saturated heterocycles. The zero-order chi connectivity index (χ0) is 40.5. The molecule has 3 heteroatoms. The number of fused-ring (bicyclic) bond motifs is 4. The lowest BCUT2D eigenvalue weighted by atomic mass is 9.94. The molecule has 0 aliphatic heterocycles. The molecule has 61 heavy (non-hydrogen) atoms. The Morgan fingerprint density at radius 1 is 0.279 bits per heavy atom. The highest BCUT2D eigenvalue weighted by molar-refractivity contribution is 6.17. The van der Waals surface area contributed by atoms with Crippen molar-refractivity contribution in [3.05, 3.63) is 243 Å². The number of hydrogen-bond donors (Lipinski definition) is 0. The number of para-hydroxylation sites is 2. The number of anilines is 6. The fourth-order valence-corrected chi connectivity index (χ4v) is 8.76. The van der Waals surface area contributed by atoms with E-state index in [2.05, 4.69) is 252 Å². The Kier molecular flexibility index (Phi) is 9.18. The average Bonchev–Trinajstić information content (AvgIpc) is 3.69. The second kappa shape index (κ2) is 15.6. The summed E-state index contributed by atoms with van der Waals surface area (Å²) in [6.45, 7) is 0. The Morgan fingerprint density at radius 3 is 1.43 bits per heavy atom. The molecule has 0 spiro atoms. The standard InChI is InChI=1S/C58H40N2O/c1-5-19-41(20-6-1)43-25-17-31-49(35-43)59(47-27-9-3-10-28-47)51-39-55(58-54-37-44-23-13-14-24-45(44)38-56(54)61-57(58)40-51)60(48-29-11-4-12-30-48)50-32-18-26-46(36-50)53-34-16-15-33-52(53)42-21-7-2-8-22-42/h1-40H. The van der Waals surface area contributed by atoms with E-state index < -0.39 is 0 Å². The summed E-state index contributed by atoms with van der Waals surface area (Å²) in [5.41, 5.74) is 14.8. The summed E-state index contributed by atoms with van der Waals surface area (Å²) in [7, 11) is 0. The smallest absolute Gasteiger partial charge is 0.139 e. The van der Waals surface area contributed by atoms with Gasteiger partial charge in [0.15, 0.2) is 0 Å². The van der Waals surface area contributed by atoms with Gasteiger partial charge in [0.05, 0.1) is 16.8 Å². The van der Waals surface area contributed by atoms with Gasteiger partial charge in [0.1, 0.15) is 11.2 Å². The van der Waals surface area contributed by atoms with Crippen LogP contribution in [-0.4, -0.2) is 0 Å². The summed E-state index contributed by atoms with van der Waals surface area (Å²) in [5.74, 6) is 0. The van der Waals surface area contributed by atoms with Crippen molar-refractivity contribution >= 4 is 66.8 Å². The van der Waals surface area contributed by atoms with Gasteiger partial charge in [0.25, 0.3) is 0 Å². The third-order valence-electron chi connectivity index (χ3n) is 11.6. The normalized spacial score (nSPS) is 11.3. The fourth-order valence-electron chi connectivity index (χ4n) is 8.76. The maximum absolute atomic E-state index is 6.98. The maximum Gasteiger partial charge on any atom is 0.139 e. The highest BCUT2D eigenvalue weighted by Crippen LogP contribution is 2.49. The molecule has 1 aromatic heterocycles. The lowest BCUT2D eigenvalue weighted by Crippen LogP contribution is -2.13. The van der Waals surface area contributed by atoms with Crippen molar-refractivity contribution in [1.29, 1.82) is 0 Å². The van der Waals surface area contributed by atoms with E-state index in [0.29, 0.717) is 0 Å². The van der Waals surface area contributed by atoms with Crippen molar-refractivity contribution in [2.45, 2.75) is 0 Å². The minimum atomic E-state index is 0.810. The number of hydrogen-bond acceptors (Lipinski definition) is 3. The second-order valence-electron chi connectivity index (χ2n) is 15.4. The molecule has 0 unspecified atom stereocenters. The molecular weight excluding hydrogens is 741 g/mol. The van der Waals surface area contributed by atoms with Crippen LogP contribution in [0.3, 0.4) is 0 Å². The first-order valence-electron chi connectivity index (χ1n) is 20.7. The van der Waals surface area contributed by atoms with Crippen LogP contribution in [0.2, 0.25) is 0 Å². The zero-order valence-corrected chi connectivity index (χ0v) is 33.4. The first-order chi connectivity index (χ1) is 30.2. The van der Waals surface area contributed by atoms with Crippen molar-refractivity contribution in [3.8, 4) is 33.4 Å². The Balaban J connectivity index is 1.19. The lowest BCUT2D eigenvalue weighted by Gasteiger charge is -2.30. The summed E-state index contributed by atoms with van der Waals surface area (Å²) in [6.07, 6.45) is 0. The van der Waals surface area contributed by atoms with Crippen LogP contribution in [0.4, 0.5) is 34.1 Å². The summed E-state index contributed by atoms with van der Waals surface area (Å²) >= 11 is 0. The van der Waals surface area contributed by atoms with Gasteiger partial charge in [-0.05, 0) is 111 Å². The molecule has 0 bridgehead atoms. The first kappa shape index (κ1) is 36.0. The molecule has 3 nitrogen and oxygen atoms in total. The van der Waals surface area contributed by atoms with Gasteiger partial charge in [-0.25, -0.2) is 0 Å². The van der Waals surface area contributed by atoms with E-state index in [1.807, 2.05) is 0 Å².